The summed E-state index contributed by atoms with van der Waals surface area (Å²) < 4.78 is 6.68. The van der Waals surface area contributed by atoms with Gasteiger partial charge < -0.3 is 10.5 Å². The van der Waals surface area contributed by atoms with E-state index in [1.54, 1.807) is 0 Å². The summed E-state index contributed by atoms with van der Waals surface area (Å²) in [7, 11) is 0. The average Bonchev–Trinajstić information content (AvgIpc) is 2.28. The van der Waals surface area contributed by atoms with Crippen LogP contribution in [-0.4, -0.2) is 22.3 Å². The third-order valence-corrected chi connectivity index (χ3v) is 2.41. The molecule has 0 bridgehead atoms. The molecule has 1 amide bonds. The molecule has 0 fully saturated rings. The lowest BCUT2D eigenvalue weighted by Gasteiger charge is -2.15. The molecule has 0 aromatic carbocycles. The Bertz CT molecular complexity index is 506. The van der Waals surface area contributed by atoms with E-state index in [9.17, 15) is 9.59 Å². The number of hydrogen-bond donors (Lipinski definition) is 1. The molecule has 0 aliphatic rings. The number of ether oxygens (including phenoxy) is 1. The Labute approximate surface area is 112 Å². The van der Waals surface area contributed by atoms with Gasteiger partial charge in [0, 0.05) is 12.0 Å². The zero-order valence-corrected chi connectivity index (χ0v) is 11.8. The van der Waals surface area contributed by atoms with Gasteiger partial charge in [-0.3, -0.25) is 9.59 Å². The van der Waals surface area contributed by atoms with Gasteiger partial charge in [0.15, 0.2) is 0 Å². The first-order chi connectivity index (χ1) is 8.81. The molecule has 19 heavy (non-hydrogen) atoms. The molecule has 106 valence electrons. The summed E-state index contributed by atoms with van der Waals surface area (Å²) in [6.45, 7) is 8.24. The number of amides is 1. The van der Waals surface area contributed by atoms with Crippen LogP contribution in [0.25, 0.3) is 0 Å². The molecule has 0 unspecified atom stereocenters. The Morgan fingerprint density at radius 1 is 1.42 bits per heavy atom. The Morgan fingerprint density at radius 2 is 2.05 bits per heavy atom. The highest BCUT2D eigenvalue weighted by Gasteiger charge is 2.14. The zero-order chi connectivity index (χ0) is 14.6. The molecule has 0 spiro atoms. The van der Waals surface area contributed by atoms with E-state index in [2.05, 4.69) is 5.10 Å². The normalized spacial score (nSPS) is 11.1. The first kappa shape index (κ1) is 15.2. The summed E-state index contributed by atoms with van der Waals surface area (Å²) in [6.07, 6.45) is 0. The van der Waals surface area contributed by atoms with Gasteiger partial charge in [-0.25, -0.2) is 4.68 Å². The monoisotopic (exact) mass is 267 g/mol. The average molecular weight is 267 g/mol. The van der Waals surface area contributed by atoms with Crippen LogP contribution in [0.3, 0.4) is 0 Å². The summed E-state index contributed by atoms with van der Waals surface area (Å²) in [5.41, 5.74) is 5.35. The minimum absolute atomic E-state index is 0.0851. The third-order valence-electron chi connectivity index (χ3n) is 2.41. The van der Waals surface area contributed by atoms with Gasteiger partial charge in [0.2, 0.25) is 5.91 Å². The maximum atomic E-state index is 11.8. The highest BCUT2D eigenvalue weighted by atomic mass is 16.5. The second-order valence-electron chi connectivity index (χ2n) is 5.22. The summed E-state index contributed by atoms with van der Waals surface area (Å²) in [6, 6.07) is 1.37. The van der Waals surface area contributed by atoms with Crippen molar-refractivity contribution >= 4 is 5.91 Å². The van der Waals surface area contributed by atoms with Crippen molar-refractivity contribution in [1.82, 2.24) is 9.78 Å². The molecular formula is C13H21N3O3. The Hall–Kier alpha value is -1.85. The molecular weight excluding hydrogens is 246 g/mol. The quantitative estimate of drug-likeness (QED) is 0.829. The van der Waals surface area contributed by atoms with Crippen LogP contribution >= 0.6 is 0 Å². The SMILES string of the molecule is CC(C)COc1cc(=O)n(CC(N)=O)nc1C(C)C. The van der Waals surface area contributed by atoms with E-state index in [1.807, 2.05) is 27.7 Å². The Kier molecular flexibility index (Phi) is 5.09. The van der Waals surface area contributed by atoms with Crippen molar-refractivity contribution in [1.29, 1.82) is 0 Å². The van der Waals surface area contributed by atoms with Crippen LogP contribution in [0.15, 0.2) is 10.9 Å². The van der Waals surface area contributed by atoms with E-state index in [-0.39, 0.29) is 18.0 Å². The number of carbonyl (C=O) groups is 1. The molecule has 0 aliphatic carbocycles. The predicted molar refractivity (Wildman–Crippen MR) is 72.1 cm³/mol. The van der Waals surface area contributed by atoms with Crippen molar-refractivity contribution in [3.8, 4) is 5.75 Å². The van der Waals surface area contributed by atoms with Crippen molar-refractivity contribution in [2.24, 2.45) is 11.7 Å². The molecule has 6 nitrogen and oxygen atoms in total. The number of rotatable bonds is 6. The highest BCUT2D eigenvalue weighted by Crippen LogP contribution is 2.22. The molecule has 2 N–H and O–H groups in total. The lowest BCUT2D eigenvalue weighted by Crippen LogP contribution is -2.31. The zero-order valence-electron chi connectivity index (χ0n) is 11.8. The molecule has 0 atom stereocenters. The summed E-state index contributed by atoms with van der Waals surface area (Å²) >= 11 is 0. The molecule has 1 heterocycles. The number of aromatic nitrogens is 2. The van der Waals surface area contributed by atoms with Crippen LogP contribution in [0.2, 0.25) is 0 Å². The molecule has 0 saturated carbocycles. The number of hydrogen-bond acceptors (Lipinski definition) is 4. The largest absolute Gasteiger partial charge is 0.491 e. The van der Waals surface area contributed by atoms with Gasteiger partial charge in [0.05, 0.1) is 6.61 Å². The molecule has 0 radical (unpaired) electrons. The summed E-state index contributed by atoms with van der Waals surface area (Å²) in [5, 5.41) is 4.17. The Morgan fingerprint density at radius 3 is 2.53 bits per heavy atom. The predicted octanol–water partition coefficient (Wildman–Crippen LogP) is 0.887. The van der Waals surface area contributed by atoms with Crippen LogP contribution in [-0.2, 0) is 11.3 Å². The lowest BCUT2D eigenvalue weighted by molar-refractivity contribution is -0.118. The van der Waals surface area contributed by atoms with Gasteiger partial charge in [-0.05, 0) is 5.92 Å². The van der Waals surface area contributed by atoms with E-state index >= 15 is 0 Å². The lowest BCUT2D eigenvalue weighted by atomic mass is 10.1. The Balaban J connectivity index is 3.13. The van der Waals surface area contributed by atoms with Crippen molar-refractivity contribution in [2.45, 2.75) is 40.2 Å². The van der Waals surface area contributed by atoms with E-state index in [4.69, 9.17) is 10.5 Å². The van der Waals surface area contributed by atoms with Crippen molar-refractivity contribution in [2.75, 3.05) is 6.61 Å². The van der Waals surface area contributed by atoms with Gasteiger partial charge >= 0.3 is 0 Å². The fraction of sp³-hybridized carbons (Fsp3) is 0.615. The van der Waals surface area contributed by atoms with Crippen LogP contribution in [0.1, 0.15) is 39.3 Å². The van der Waals surface area contributed by atoms with Crippen LogP contribution in [0.4, 0.5) is 0 Å². The minimum atomic E-state index is -0.597. The molecule has 1 rings (SSSR count). The van der Waals surface area contributed by atoms with E-state index in [1.165, 1.54) is 6.07 Å². The smallest absolute Gasteiger partial charge is 0.270 e. The number of nitrogens with zero attached hydrogens (tertiary/aromatic N) is 2. The number of primary amides is 1. The molecule has 1 aromatic heterocycles. The number of nitrogens with two attached hydrogens (primary N) is 1. The summed E-state index contributed by atoms with van der Waals surface area (Å²) in [4.78, 5) is 22.7. The standard InChI is InChI=1S/C13H21N3O3/c1-8(2)7-19-10-5-12(18)16(6-11(14)17)15-13(10)9(3)4/h5,8-9H,6-7H2,1-4H3,(H2,14,17). The van der Waals surface area contributed by atoms with Crippen molar-refractivity contribution in [3.05, 3.63) is 22.1 Å². The second kappa shape index (κ2) is 6.36. The third kappa shape index (κ3) is 4.39. The number of carbonyl (C=O) groups excluding carboxylic acids is 1. The molecule has 0 aliphatic heterocycles. The van der Waals surface area contributed by atoms with E-state index < -0.39 is 5.91 Å². The minimum Gasteiger partial charge on any atom is -0.491 e. The fourth-order valence-electron chi connectivity index (χ4n) is 1.52. The topological polar surface area (TPSA) is 87.2 Å². The van der Waals surface area contributed by atoms with Crippen molar-refractivity contribution < 1.29 is 9.53 Å². The maximum Gasteiger partial charge on any atom is 0.270 e. The maximum absolute atomic E-state index is 11.8. The highest BCUT2D eigenvalue weighted by molar-refractivity contribution is 5.73. The van der Waals surface area contributed by atoms with Crippen LogP contribution in [0.5, 0.6) is 5.75 Å². The fourth-order valence-corrected chi connectivity index (χ4v) is 1.52. The van der Waals surface area contributed by atoms with Crippen LogP contribution < -0.4 is 16.0 Å². The van der Waals surface area contributed by atoms with Gasteiger partial charge in [0.1, 0.15) is 18.0 Å². The first-order valence-corrected chi connectivity index (χ1v) is 6.34. The molecule has 6 heteroatoms. The van der Waals surface area contributed by atoms with Gasteiger partial charge in [-0.2, -0.15) is 5.10 Å². The first-order valence-electron chi connectivity index (χ1n) is 6.34. The van der Waals surface area contributed by atoms with E-state index in [0.717, 1.165) is 4.68 Å². The molecule has 1 aromatic rings. The van der Waals surface area contributed by atoms with E-state index in [0.29, 0.717) is 24.0 Å². The second-order valence-corrected chi connectivity index (χ2v) is 5.22. The molecule has 0 saturated heterocycles. The summed E-state index contributed by atoms with van der Waals surface area (Å²) in [5.74, 6) is 0.324. The van der Waals surface area contributed by atoms with Gasteiger partial charge in [0.25, 0.3) is 5.56 Å². The van der Waals surface area contributed by atoms with Crippen molar-refractivity contribution in [3.63, 3.8) is 0 Å². The van der Waals surface area contributed by atoms with Gasteiger partial charge in [-0.15, -0.1) is 0 Å². The van der Waals surface area contributed by atoms with Gasteiger partial charge in [-0.1, -0.05) is 27.7 Å². The van der Waals surface area contributed by atoms with Crippen LogP contribution in [0, 0.1) is 5.92 Å².